The molecule has 1 saturated heterocycles. The zero-order valence-corrected chi connectivity index (χ0v) is 10.4. The number of carboxylic acid groups (broad SMARTS) is 1. The smallest absolute Gasteiger partial charge is 0.310 e. The first kappa shape index (κ1) is 12.1. The van der Waals surface area contributed by atoms with Crippen molar-refractivity contribution in [1.82, 2.24) is 4.90 Å². The number of likely N-dealkylation sites (tertiary alicyclic amines) is 1. The molecule has 1 N–H and O–H groups in total. The molecule has 17 heavy (non-hydrogen) atoms. The Labute approximate surface area is 102 Å². The molecule has 3 heteroatoms. The summed E-state index contributed by atoms with van der Waals surface area (Å²) in [7, 11) is 2.11. The highest BCUT2D eigenvalue weighted by molar-refractivity contribution is 5.76. The van der Waals surface area contributed by atoms with E-state index in [2.05, 4.69) is 18.0 Å². The monoisotopic (exact) mass is 233 g/mol. The van der Waals surface area contributed by atoms with E-state index in [1.165, 1.54) is 5.56 Å². The summed E-state index contributed by atoms with van der Waals surface area (Å²) in [6.07, 6.45) is 1.12. The lowest BCUT2D eigenvalue weighted by Crippen LogP contribution is -2.15. The maximum Gasteiger partial charge on any atom is 0.310 e. The van der Waals surface area contributed by atoms with E-state index in [9.17, 15) is 4.79 Å². The number of hydrogen-bond acceptors (Lipinski definition) is 2. The molecule has 1 aromatic carbocycles. The highest BCUT2D eigenvalue weighted by Crippen LogP contribution is 2.32. The molecular formula is C14H19NO2. The third-order valence-corrected chi connectivity index (χ3v) is 3.66. The van der Waals surface area contributed by atoms with Gasteiger partial charge < -0.3 is 10.0 Å². The molecule has 92 valence electrons. The lowest BCUT2D eigenvalue weighted by molar-refractivity contribution is -0.138. The second-order valence-electron chi connectivity index (χ2n) is 4.94. The number of nitrogens with zero attached hydrogens (tertiary/aromatic N) is 1. The van der Waals surface area contributed by atoms with Crippen molar-refractivity contribution in [2.24, 2.45) is 0 Å². The molecule has 2 rings (SSSR count). The molecule has 0 bridgehead atoms. The fourth-order valence-electron chi connectivity index (χ4n) is 2.60. The van der Waals surface area contributed by atoms with E-state index in [4.69, 9.17) is 5.11 Å². The summed E-state index contributed by atoms with van der Waals surface area (Å²) in [6.45, 7) is 3.89. The molecule has 0 spiro atoms. The van der Waals surface area contributed by atoms with Gasteiger partial charge >= 0.3 is 5.97 Å². The highest BCUT2D eigenvalue weighted by atomic mass is 16.4. The van der Waals surface area contributed by atoms with Crippen LogP contribution in [0.2, 0.25) is 0 Å². The molecule has 0 radical (unpaired) electrons. The van der Waals surface area contributed by atoms with Crippen LogP contribution in [0, 0.1) is 0 Å². The normalized spacial score (nSPS) is 22.6. The number of carbonyl (C=O) groups is 1. The van der Waals surface area contributed by atoms with Crippen LogP contribution < -0.4 is 0 Å². The first-order valence-electron chi connectivity index (χ1n) is 6.09. The zero-order chi connectivity index (χ0) is 12.4. The van der Waals surface area contributed by atoms with Crippen LogP contribution in [-0.2, 0) is 4.79 Å². The third-order valence-electron chi connectivity index (χ3n) is 3.66. The van der Waals surface area contributed by atoms with E-state index < -0.39 is 11.9 Å². The molecule has 0 aromatic heterocycles. The van der Waals surface area contributed by atoms with Crippen LogP contribution in [-0.4, -0.2) is 36.1 Å². The van der Waals surface area contributed by atoms with Gasteiger partial charge in [-0.3, -0.25) is 4.79 Å². The molecule has 2 unspecified atom stereocenters. The second-order valence-corrected chi connectivity index (χ2v) is 4.94. The molecule has 0 amide bonds. The van der Waals surface area contributed by atoms with Crippen molar-refractivity contribution in [3.63, 3.8) is 0 Å². The summed E-state index contributed by atoms with van der Waals surface area (Å²) in [5, 5.41) is 9.14. The third kappa shape index (κ3) is 2.50. The van der Waals surface area contributed by atoms with Crippen molar-refractivity contribution in [3.8, 4) is 0 Å². The Morgan fingerprint density at radius 2 is 2.18 bits per heavy atom. The zero-order valence-electron chi connectivity index (χ0n) is 10.4. The Bertz CT molecular complexity index is 416. The molecule has 1 aliphatic heterocycles. The molecule has 1 aliphatic rings. The van der Waals surface area contributed by atoms with Gasteiger partial charge in [-0.2, -0.15) is 0 Å². The predicted molar refractivity (Wildman–Crippen MR) is 67.3 cm³/mol. The van der Waals surface area contributed by atoms with Crippen molar-refractivity contribution in [2.45, 2.75) is 25.2 Å². The molecule has 0 aliphatic carbocycles. The van der Waals surface area contributed by atoms with Gasteiger partial charge in [0.1, 0.15) is 0 Å². The van der Waals surface area contributed by atoms with Gasteiger partial charge in [0.15, 0.2) is 0 Å². The van der Waals surface area contributed by atoms with E-state index in [1.807, 2.05) is 18.2 Å². The Morgan fingerprint density at radius 3 is 2.76 bits per heavy atom. The molecule has 2 atom stereocenters. The maximum atomic E-state index is 11.1. The summed E-state index contributed by atoms with van der Waals surface area (Å²) in [4.78, 5) is 13.4. The minimum absolute atomic E-state index is 0.419. The Hall–Kier alpha value is -1.35. The van der Waals surface area contributed by atoms with E-state index in [0.717, 1.165) is 25.1 Å². The van der Waals surface area contributed by atoms with Crippen molar-refractivity contribution in [3.05, 3.63) is 35.4 Å². The van der Waals surface area contributed by atoms with Crippen LogP contribution in [0.1, 0.15) is 36.3 Å². The van der Waals surface area contributed by atoms with Gasteiger partial charge in [-0.1, -0.05) is 24.3 Å². The average molecular weight is 233 g/mol. The molecule has 1 fully saturated rings. The van der Waals surface area contributed by atoms with Crippen LogP contribution in [0.15, 0.2) is 24.3 Å². The summed E-state index contributed by atoms with van der Waals surface area (Å²) in [5.74, 6) is -0.682. The SMILES string of the molecule is CC(C(=O)O)c1ccccc1C1CCN(C)C1. The van der Waals surface area contributed by atoms with Gasteiger partial charge in [-0.25, -0.2) is 0 Å². The summed E-state index contributed by atoms with van der Waals surface area (Å²) in [6, 6.07) is 7.97. The number of carboxylic acids is 1. The number of hydrogen-bond donors (Lipinski definition) is 1. The Morgan fingerprint density at radius 1 is 1.47 bits per heavy atom. The lowest BCUT2D eigenvalue weighted by atomic mass is 9.88. The second kappa shape index (κ2) is 4.88. The van der Waals surface area contributed by atoms with E-state index in [-0.39, 0.29) is 0 Å². The van der Waals surface area contributed by atoms with Gasteiger partial charge in [0.25, 0.3) is 0 Å². The highest BCUT2D eigenvalue weighted by Gasteiger charge is 2.26. The first-order chi connectivity index (χ1) is 8.09. The average Bonchev–Trinajstić information content (AvgIpc) is 2.74. The van der Waals surface area contributed by atoms with Crippen LogP contribution in [0.5, 0.6) is 0 Å². The van der Waals surface area contributed by atoms with Gasteiger partial charge in [-0.05, 0) is 44.0 Å². The largest absolute Gasteiger partial charge is 0.481 e. The minimum Gasteiger partial charge on any atom is -0.481 e. The first-order valence-corrected chi connectivity index (χ1v) is 6.09. The fourth-order valence-corrected chi connectivity index (χ4v) is 2.60. The van der Waals surface area contributed by atoms with Gasteiger partial charge in [0, 0.05) is 6.54 Å². The molecule has 0 saturated carbocycles. The standard InChI is InChI=1S/C14H19NO2/c1-10(14(16)17)12-5-3-4-6-13(12)11-7-8-15(2)9-11/h3-6,10-11H,7-9H2,1-2H3,(H,16,17). The summed E-state index contributed by atoms with van der Waals surface area (Å²) >= 11 is 0. The minimum atomic E-state index is -0.746. The van der Waals surface area contributed by atoms with Gasteiger partial charge in [0.05, 0.1) is 5.92 Å². The predicted octanol–water partition coefficient (Wildman–Crippen LogP) is 2.29. The van der Waals surface area contributed by atoms with Crippen LogP contribution in [0.4, 0.5) is 0 Å². The quantitative estimate of drug-likeness (QED) is 0.870. The number of aliphatic carboxylic acids is 1. The Balaban J connectivity index is 2.30. The molecule has 1 heterocycles. The van der Waals surface area contributed by atoms with E-state index in [0.29, 0.717) is 5.92 Å². The maximum absolute atomic E-state index is 11.1. The van der Waals surface area contributed by atoms with E-state index in [1.54, 1.807) is 6.92 Å². The van der Waals surface area contributed by atoms with Crippen molar-refractivity contribution in [2.75, 3.05) is 20.1 Å². The van der Waals surface area contributed by atoms with Crippen LogP contribution in [0.3, 0.4) is 0 Å². The van der Waals surface area contributed by atoms with Gasteiger partial charge in [0.2, 0.25) is 0 Å². The number of likely N-dealkylation sites (N-methyl/N-ethyl adjacent to an activating group) is 1. The lowest BCUT2D eigenvalue weighted by Gasteiger charge is -2.18. The van der Waals surface area contributed by atoms with Gasteiger partial charge in [-0.15, -0.1) is 0 Å². The molecular weight excluding hydrogens is 214 g/mol. The van der Waals surface area contributed by atoms with Crippen molar-refractivity contribution < 1.29 is 9.90 Å². The summed E-state index contributed by atoms with van der Waals surface area (Å²) < 4.78 is 0. The topological polar surface area (TPSA) is 40.5 Å². The van der Waals surface area contributed by atoms with Crippen molar-refractivity contribution >= 4 is 5.97 Å². The molecule has 3 nitrogen and oxygen atoms in total. The summed E-state index contributed by atoms with van der Waals surface area (Å²) in [5.41, 5.74) is 2.19. The van der Waals surface area contributed by atoms with Crippen molar-refractivity contribution in [1.29, 1.82) is 0 Å². The fraction of sp³-hybridized carbons (Fsp3) is 0.500. The van der Waals surface area contributed by atoms with E-state index >= 15 is 0 Å². The van der Waals surface area contributed by atoms with Crippen LogP contribution in [0.25, 0.3) is 0 Å². The van der Waals surface area contributed by atoms with Crippen LogP contribution >= 0.6 is 0 Å². The number of benzene rings is 1. The number of rotatable bonds is 3. The molecule has 1 aromatic rings. The Kier molecular flexibility index (Phi) is 3.48.